The SMILES string of the molecule is COc1ccc2c(c1)nc(-c1ccccc1)n2-c1ccccc1. The van der Waals surface area contributed by atoms with Crippen LogP contribution in [0, 0.1) is 0 Å². The van der Waals surface area contributed by atoms with E-state index < -0.39 is 0 Å². The third kappa shape index (κ3) is 2.36. The fraction of sp³-hybridized carbons (Fsp3) is 0.0500. The summed E-state index contributed by atoms with van der Waals surface area (Å²) in [4.78, 5) is 4.85. The quantitative estimate of drug-likeness (QED) is 0.548. The lowest BCUT2D eigenvalue weighted by Crippen LogP contribution is -1.97. The zero-order valence-electron chi connectivity index (χ0n) is 12.8. The number of para-hydroxylation sites is 1. The maximum atomic E-state index is 5.33. The van der Waals surface area contributed by atoms with Crippen LogP contribution in [0.1, 0.15) is 0 Å². The van der Waals surface area contributed by atoms with E-state index in [9.17, 15) is 0 Å². The molecule has 3 nitrogen and oxygen atoms in total. The molecule has 0 atom stereocenters. The molecule has 0 fully saturated rings. The Morgan fingerprint density at radius 3 is 2.22 bits per heavy atom. The smallest absolute Gasteiger partial charge is 0.145 e. The minimum Gasteiger partial charge on any atom is -0.497 e. The number of aromatic nitrogens is 2. The van der Waals surface area contributed by atoms with E-state index in [1.165, 1.54) is 0 Å². The summed E-state index contributed by atoms with van der Waals surface area (Å²) in [6.07, 6.45) is 0. The molecule has 0 aliphatic rings. The first-order chi connectivity index (χ1) is 11.4. The number of benzene rings is 3. The van der Waals surface area contributed by atoms with Crippen LogP contribution in [0.5, 0.6) is 5.75 Å². The van der Waals surface area contributed by atoms with Crippen molar-refractivity contribution in [1.82, 2.24) is 9.55 Å². The molecule has 3 aromatic carbocycles. The molecule has 0 saturated carbocycles. The minimum atomic E-state index is 0.815. The van der Waals surface area contributed by atoms with E-state index in [0.29, 0.717) is 0 Å². The Kier molecular flexibility index (Phi) is 3.31. The van der Waals surface area contributed by atoms with Crippen molar-refractivity contribution in [3.63, 3.8) is 0 Å². The molecule has 0 N–H and O–H groups in total. The molecule has 112 valence electrons. The van der Waals surface area contributed by atoms with Gasteiger partial charge in [-0.1, -0.05) is 48.5 Å². The third-order valence-corrected chi connectivity index (χ3v) is 3.91. The molecule has 0 saturated heterocycles. The molecule has 0 aliphatic carbocycles. The summed E-state index contributed by atoms with van der Waals surface area (Å²) >= 11 is 0. The highest BCUT2D eigenvalue weighted by atomic mass is 16.5. The Bertz CT molecular complexity index is 943. The second kappa shape index (κ2) is 5.61. The lowest BCUT2D eigenvalue weighted by molar-refractivity contribution is 0.415. The molecule has 1 aromatic heterocycles. The molecule has 0 radical (unpaired) electrons. The number of methoxy groups -OCH3 is 1. The first-order valence-electron chi connectivity index (χ1n) is 7.54. The van der Waals surface area contributed by atoms with E-state index in [1.54, 1.807) is 7.11 Å². The van der Waals surface area contributed by atoms with E-state index >= 15 is 0 Å². The molecule has 0 unspecified atom stereocenters. The Hall–Kier alpha value is -3.07. The summed E-state index contributed by atoms with van der Waals surface area (Å²) < 4.78 is 7.52. The molecule has 23 heavy (non-hydrogen) atoms. The van der Waals surface area contributed by atoms with Gasteiger partial charge < -0.3 is 4.74 Å². The summed E-state index contributed by atoms with van der Waals surface area (Å²) in [7, 11) is 1.67. The van der Waals surface area contributed by atoms with Crippen molar-refractivity contribution < 1.29 is 4.74 Å². The van der Waals surface area contributed by atoms with E-state index in [2.05, 4.69) is 34.9 Å². The van der Waals surface area contributed by atoms with E-state index in [-0.39, 0.29) is 0 Å². The van der Waals surface area contributed by atoms with Crippen molar-refractivity contribution >= 4 is 11.0 Å². The van der Waals surface area contributed by atoms with E-state index in [0.717, 1.165) is 33.9 Å². The number of fused-ring (bicyclic) bond motifs is 1. The summed E-state index contributed by atoms with van der Waals surface area (Å²) in [6, 6.07) is 26.5. The highest BCUT2D eigenvalue weighted by Crippen LogP contribution is 2.30. The maximum absolute atomic E-state index is 5.33. The summed E-state index contributed by atoms with van der Waals surface area (Å²) in [5.74, 6) is 1.75. The van der Waals surface area contributed by atoms with E-state index in [1.807, 2.05) is 48.5 Å². The fourth-order valence-corrected chi connectivity index (χ4v) is 2.81. The normalized spacial score (nSPS) is 10.8. The van der Waals surface area contributed by atoms with Gasteiger partial charge in [-0.3, -0.25) is 4.57 Å². The van der Waals surface area contributed by atoms with Gasteiger partial charge >= 0.3 is 0 Å². The second-order valence-electron chi connectivity index (χ2n) is 5.33. The van der Waals surface area contributed by atoms with Gasteiger partial charge in [0, 0.05) is 17.3 Å². The third-order valence-electron chi connectivity index (χ3n) is 3.91. The molecule has 3 heteroatoms. The predicted octanol–water partition coefficient (Wildman–Crippen LogP) is 4.70. The van der Waals surface area contributed by atoms with Gasteiger partial charge in [-0.05, 0) is 24.3 Å². The van der Waals surface area contributed by atoms with Crippen LogP contribution in [0.15, 0.2) is 78.9 Å². The van der Waals surface area contributed by atoms with Gasteiger partial charge in [0.2, 0.25) is 0 Å². The van der Waals surface area contributed by atoms with Gasteiger partial charge in [0.25, 0.3) is 0 Å². The number of ether oxygens (including phenoxy) is 1. The molecular weight excluding hydrogens is 284 g/mol. The van der Waals surface area contributed by atoms with Gasteiger partial charge in [-0.25, -0.2) is 4.98 Å². The van der Waals surface area contributed by atoms with Crippen molar-refractivity contribution in [1.29, 1.82) is 0 Å². The van der Waals surface area contributed by atoms with Crippen molar-refractivity contribution in [2.75, 3.05) is 7.11 Å². The van der Waals surface area contributed by atoms with Gasteiger partial charge in [0.05, 0.1) is 18.1 Å². The van der Waals surface area contributed by atoms with Gasteiger partial charge in [-0.2, -0.15) is 0 Å². The number of nitrogens with zero attached hydrogens (tertiary/aromatic N) is 2. The lowest BCUT2D eigenvalue weighted by Gasteiger charge is -2.09. The van der Waals surface area contributed by atoms with Gasteiger partial charge in [0.15, 0.2) is 0 Å². The average Bonchev–Trinajstić information content (AvgIpc) is 3.01. The average molecular weight is 300 g/mol. The van der Waals surface area contributed by atoms with Crippen molar-refractivity contribution in [3.8, 4) is 22.8 Å². The molecule has 4 rings (SSSR count). The second-order valence-corrected chi connectivity index (χ2v) is 5.33. The minimum absolute atomic E-state index is 0.815. The first kappa shape index (κ1) is 13.6. The summed E-state index contributed by atoms with van der Waals surface area (Å²) in [5.41, 5.74) is 4.17. The lowest BCUT2D eigenvalue weighted by atomic mass is 10.2. The molecule has 0 amide bonds. The van der Waals surface area contributed by atoms with Crippen LogP contribution in [0.2, 0.25) is 0 Å². The van der Waals surface area contributed by atoms with Crippen LogP contribution in [0.4, 0.5) is 0 Å². The fourth-order valence-electron chi connectivity index (χ4n) is 2.81. The van der Waals surface area contributed by atoms with Gasteiger partial charge in [0.1, 0.15) is 11.6 Å². The Morgan fingerprint density at radius 1 is 0.826 bits per heavy atom. The van der Waals surface area contributed by atoms with Crippen LogP contribution in [-0.4, -0.2) is 16.7 Å². The summed E-state index contributed by atoms with van der Waals surface area (Å²) in [6.45, 7) is 0. The van der Waals surface area contributed by atoms with E-state index in [4.69, 9.17) is 9.72 Å². The topological polar surface area (TPSA) is 27.1 Å². The predicted molar refractivity (Wildman–Crippen MR) is 93.1 cm³/mol. The molecule has 4 aromatic rings. The van der Waals surface area contributed by atoms with Gasteiger partial charge in [-0.15, -0.1) is 0 Å². The van der Waals surface area contributed by atoms with Crippen molar-refractivity contribution in [3.05, 3.63) is 78.9 Å². The number of imidazole rings is 1. The monoisotopic (exact) mass is 300 g/mol. The molecular formula is C20H16N2O. The highest BCUT2D eigenvalue weighted by Gasteiger charge is 2.14. The summed E-state index contributed by atoms with van der Waals surface area (Å²) in [5, 5.41) is 0. The molecule has 1 heterocycles. The van der Waals surface area contributed by atoms with Crippen LogP contribution >= 0.6 is 0 Å². The standard InChI is InChI=1S/C20H16N2O/c1-23-17-12-13-19-18(14-17)21-20(15-8-4-2-5-9-15)22(19)16-10-6-3-7-11-16/h2-14H,1H3. The number of hydrogen-bond acceptors (Lipinski definition) is 2. The van der Waals surface area contributed by atoms with Crippen molar-refractivity contribution in [2.45, 2.75) is 0 Å². The van der Waals surface area contributed by atoms with Crippen LogP contribution in [0.25, 0.3) is 28.1 Å². The molecule has 0 bridgehead atoms. The number of hydrogen-bond donors (Lipinski definition) is 0. The zero-order chi connectivity index (χ0) is 15.6. The van der Waals surface area contributed by atoms with Crippen LogP contribution in [-0.2, 0) is 0 Å². The first-order valence-corrected chi connectivity index (χ1v) is 7.54. The Morgan fingerprint density at radius 2 is 1.52 bits per heavy atom. The molecule has 0 aliphatic heterocycles. The zero-order valence-corrected chi connectivity index (χ0v) is 12.8. The van der Waals surface area contributed by atoms with Crippen LogP contribution in [0.3, 0.4) is 0 Å². The number of rotatable bonds is 3. The van der Waals surface area contributed by atoms with Crippen LogP contribution < -0.4 is 4.74 Å². The largest absolute Gasteiger partial charge is 0.497 e. The Balaban J connectivity index is 2.04. The van der Waals surface area contributed by atoms with Crippen molar-refractivity contribution in [2.24, 2.45) is 0 Å². The Labute approximate surface area is 134 Å². The maximum Gasteiger partial charge on any atom is 0.145 e. The highest BCUT2D eigenvalue weighted by molar-refractivity contribution is 5.84. The molecule has 0 spiro atoms.